The normalized spacial score (nSPS) is 15.7. The van der Waals surface area contributed by atoms with Crippen molar-refractivity contribution in [1.29, 1.82) is 0 Å². The van der Waals surface area contributed by atoms with Gasteiger partial charge in [0, 0.05) is 54.9 Å². The summed E-state index contributed by atoms with van der Waals surface area (Å²) in [7, 11) is 0. The van der Waals surface area contributed by atoms with Crippen LogP contribution in [0.4, 0.5) is 0 Å². The van der Waals surface area contributed by atoms with Crippen molar-refractivity contribution >= 4 is 22.2 Å². The summed E-state index contributed by atoms with van der Waals surface area (Å²) in [6.07, 6.45) is 7.67. The van der Waals surface area contributed by atoms with E-state index in [-0.39, 0.29) is 5.69 Å². The zero-order valence-electron chi connectivity index (χ0n) is 16.7. The van der Waals surface area contributed by atoms with E-state index in [0.717, 1.165) is 53.7 Å². The molecule has 1 aliphatic rings. The van der Waals surface area contributed by atoms with Gasteiger partial charge >= 0.3 is 5.69 Å². The maximum atomic E-state index is 12.5. The van der Waals surface area contributed by atoms with Crippen molar-refractivity contribution in [3.05, 3.63) is 46.8 Å². The molecule has 0 amide bonds. The Balaban J connectivity index is 1.57. The fourth-order valence-corrected chi connectivity index (χ4v) is 4.22. The van der Waals surface area contributed by atoms with Gasteiger partial charge < -0.3 is 9.72 Å². The van der Waals surface area contributed by atoms with E-state index in [1.165, 1.54) is 5.56 Å². The van der Waals surface area contributed by atoms with Crippen molar-refractivity contribution in [1.82, 2.24) is 24.5 Å². The monoisotopic (exact) mass is 391 g/mol. The first-order valence-corrected chi connectivity index (χ1v) is 10.2. The van der Waals surface area contributed by atoms with Gasteiger partial charge in [0.2, 0.25) is 0 Å². The van der Waals surface area contributed by atoms with E-state index in [4.69, 9.17) is 4.74 Å². The Morgan fingerprint density at radius 2 is 1.86 bits per heavy atom. The molecule has 5 rings (SSSR count). The van der Waals surface area contributed by atoms with Crippen LogP contribution >= 0.6 is 0 Å². The molecule has 0 spiro atoms. The molecule has 0 atom stereocenters. The van der Waals surface area contributed by atoms with Gasteiger partial charge in [-0.05, 0) is 42.4 Å². The Morgan fingerprint density at radius 3 is 2.62 bits per heavy atom. The molecule has 5 heterocycles. The van der Waals surface area contributed by atoms with Crippen molar-refractivity contribution in [2.75, 3.05) is 13.2 Å². The number of hydrogen-bond donors (Lipinski definition) is 2. The Morgan fingerprint density at radius 1 is 1.14 bits per heavy atom. The molecule has 7 heteroatoms. The predicted molar refractivity (Wildman–Crippen MR) is 113 cm³/mol. The number of ether oxygens (including phenoxy) is 1. The lowest BCUT2D eigenvalue weighted by Crippen LogP contribution is -2.25. The smallest absolute Gasteiger partial charge is 0.327 e. The summed E-state index contributed by atoms with van der Waals surface area (Å²) in [6.45, 7) is 6.59. The number of aromatic nitrogens is 5. The molecule has 7 nitrogen and oxygen atoms in total. The van der Waals surface area contributed by atoms with E-state index in [1.807, 2.05) is 29.2 Å². The van der Waals surface area contributed by atoms with Gasteiger partial charge in [0.05, 0.1) is 5.52 Å². The Bertz CT molecular complexity index is 1230. The molecule has 29 heavy (non-hydrogen) atoms. The van der Waals surface area contributed by atoms with Crippen molar-refractivity contribution in [2.24, 2.45) is 5.92 Å². The van der Waals surface area contributed by atoms with Gasteiger partial charge in [0.25, 0.3) is 0 Å². The second-order valence-corrected chi connectivity index (χ2v) is 8.21. The lowest BCUT2D eigenvalue weighted by atomic mass is 10.00. The number of imidazole rings is 1. The van der Waals surface area contributed by atoms with Crippen LogP contribution in [0.3, 0.4) is 0 Å². The van der Waals surface area contributed by atoms with Gasteiger partial charge in [0.15, 0.2) is 5.65 Å². The van der Waals surface area contributed by atoms with Crippen molar-refractivity contribution in [3.63, 3.8) is 0 Å². The van der Waals surface area contributed by atoms with Crippen LogP contribution in [0.25, 0.3) is 33.3 Å². The van der Waals surface area contributed by atoms with E-state index < -0.39 is 0 Å². The number of rotatable bonds is 4. The third kappa shape index (κ3) is 3.25. The maximum Gasteiger partial charge on any atom is 0.327 e. The van der Waals surface area contributed by atoms with Crippen LogP contribution < -0.4 is 5.69 Å². The summed E-state index contributed by atoms with van der Waals surface area (Å²) >= 11 is 0. The number of hydrogen-bond acceptors (Lipinski definition) is 4. The fraction of sp³-hybridized carbons (Fsp3) is 0.409. The summed E-state index contributed by atoms with van der Waals surface area (Å²) in [6, 6.07) is 4.20. The first kappa shape index (κ1) is 18.1. The second-order valence-electron chi connectivity index (χ2n) is 8.21. The molecule has 0 bridgehead atoms. The van der Waals surface area contributed by atoms with Crippen LogP contribution in [-0.2, 0) is 11.3 Å². The van der Waals surface area contributed by atoms with Crippen LogP contribution in [0.5, 0.6) is 0 Å². The SMILES string of the molecule is CC(C)c1c[nH]c2ncc(-c3cnc4[nH]c(=O)n(CC5CCOCC5)c4c3)cc12. The summed E-state index contributed by atoms with van der Waals surface area (Å²) in [5.41, 5.74) is 5.48. The quantitative estimate of drug-likeness (QED) is 0.553. The summed E-state index contributed by atoms with van der Waals surface area (Å²) in [5.74, 6) is 0.867. The highest BCUT2D eigenvalue weighted by Crippen LogP contribution is 2.29. The van der Waals surface area contributed by atoms with E-state index in [0.29, 0.717) is 24.0 Å². The van der Waals surface area contributed by atoms with Gasteiger partial charge in [-0.2, -0.15) is 0 Å². The minimum Gasteiger partial charge on any atom is -0.381 e. The maximum absolute atomic E-state index is 12.5. The van der Waals surface area contributed by atoms with Crippen LogP contribution in [-0.4, -0.2) is 37.7 Å². The topological polar surface area (TPSA) is 88.6 Å². The molecule has 150 valence electrons. The summed E-state index contributed by atoms with van der Waals surface area (Å²) in [5, 5.41) is 1.13. The molecule has 4 aromatic rings. The van der Waals surface area contributed by atoms with Crippen LogP contribution in [0.15, 0.2) is 35.5 Å². The standard InChI is InChI=1S/C22H25N5O2/c1-13(2)18-11-25-20-17(18)7-15(9-23-20)16-8-19-21(24-10-16)26-22(28)27(19)12-14-3-5-29-6-4-14/h7-11,13-14H,3-6,12H2,1-2H3,(H,23,25)(H,24,26,28). The number of H-pyrrole nitrogens is 2. The predicted octanol–water partition coefficient (Wildman–Crippen LogP) is 3.82. The highest BCUT2D eigenvalue weighted by atomic mass is 16.5. The first-order valence-electron chi connectivity index (χ1n) is 10.2. The highest BCUT2D eigenvalue weighted by Gasteiger charge is 2.18. The average Bonchev–Trinajstić information content (AvgIpc) is 3.29. The average molecular weight is 391 g/mol. The second kappa shape index (κ2) is 7.15. The molecular formula is C22H25N5O2. The lowest BCUT2D eigenvalue weighted by Gasteiger charge is -2.22. The van der Waals surface area contributed by atoms with Gasteiger partial charge in [-0.3, -0.25) is 9.55 Å². The molecule has 4 aromatic heterocycles. The zero-order chi connectivity index (χ0) is 20.0. The number of nitrogens with one attached hydrogen (secondary N) is 2. The van der Waals surface area contributed by atoms with Crippen LogP contribution in [0.2, 0.25) is 0 Å². The number of fused-ring (bicyclic) bond motifs is 2. The lowest BCUT2D eigenvalue weighted by molar-refractivity contribution is 0.0613. The number of nitrogens with zero attached hydrogens (tertiary/aromatic N) is 3. The Hall–Kier alpha value is -2.93. The Kier molecular flexibility index (Phi) is 4.47. The zero-order valence-corrected chi connectivity index (χ0v) is 16.7. The third-order valence-electron chi connectivity index (χ3n) is 5.93. The van der Waals surface area contributed by atoms with Crippen molar-refractivity contribution < 1.29 is 4.74 Å². The minimum atomic E-state index is -0.0996. The van der Waals surface area contributed by atoms with Crippen LogP contribution in [0.1, 0.15) is 38.2 Å². The number of pyridine rings is 2. The highest BCUT2D eigenvalue weighted by molar-refractivity contribution is 5.86. The summed E-state index contributed by atoms with van der Waals surface area (Å²) in [4.78, 5) is 27.8. The van der Waals surface area contributed by atoms with E-state index in [1.54, 1.807) is 0 Å². The molecule has 1 fully saturated rings. The minimum absolute atomic E-state index is 0.0996. The molecule has 0 aliphatic carbocycles. The molecule has 1 aliphatic heterocycles. The molecule has 0 unspecified atom stereocenters. The molecule has 0 radical (unpaired) electrons. The van der Waals surface area contributed by atoms with Crippen LogP contribution in [0, 0.1) is 5.92 Å². The van der Waals surface area contributed by atoms with E-state index in [9.17, 15) is 4.79 Å². The molecule has 0 aromatic carbocycles. The van der Waals surface area contributed by atoms with Gasteiger partial charge in [-0.15, -0.1) is 0 Å². The van der Waals surface area contributed by atoms with Gasteiger partial charge in [0.1, 0.15) is 5.65 Å². The Labute approximate surface area is 168 Å². The summed E-state index contributed by atoms with van der Waals surface area (Å²) < 4.78 is 7.27. The number of aromatic amines is 2. The molecule has 0 saturated carbocycles. The molecule has 2 N–H and O–H groups in total. The van der Waals surface area contributed by atoms with Gasteiger partial charge in [-0.25, -0.2) is 14.8 Å². The van der Waals surface area contributed by atoms with Gasteiger partial charge in [-0.1, -0.05) is 13.8 Å². The molecular weight excluding hydrogens is 366 g/mol. The van der Waals surface area contributed by atoms with Crippen molar-refractivity contribution in [2.45, 2.75) is 39.2 Å². The van der Waals surface area contributed by atoms with E-state index >= 15 is 0 Å². The van der Waals surface area contributed by atoms with E-state index in [2.05, 4.69) is 39.8 Å². The molecule has 1 saturated heterocycles. The first-order chi connectivity index (χ1) is 14.1. The van der Waals surface area contributed by atoms with Crippen molar-refractivity contribution in [3.8, 4) is 11.1 Å². The fourth-order valence-electron chi connectivity index (χ4n) is 4.22. The largest absolute Gasteiger partial charge is 0.381 e. The third-order valence-corrected chi connectivity index (χ3v) is 5.93.